The summed E-state index contributed by atoms with van der Waals surface area (Å²) in [5.41, 5.74) is 5.44. The number of aliphatic carboxylic acids is 4. The van der Waals surface area contributed by atoms with Crippen molar-refractivity contribution >= 4 is 23.9 Å². The average Bonchev–Trinajstić information content (AvgIpc) is 2.65. The van der Waals surface area contributed by atoms with Crippen LogP contribution in [0.4, 0.5) is 0 Å². The molecule has 0 unspecified atom stereocenters. The zero-order chi connectivity index (χ0) is 23.5. The summed E-state index contributed by atoms with van der Waals surface area (Å²) in [5.74, 6) is -4.70. The highest BCUT2D eigenvalue weighted by molar-refractivity contribution is 5.90. The van der Waals surface area contributed by atoms with Gasteiger partial charge < -0.3 is 35.9 Å². The van der Waals surface area contributed by atoms with E-state index in [0.717, 1.165) is 32.5 Å². The highest BCUT2D eigenvalue weighted by Crippen LogP contribution is 2.16. The minimum atomic E-state index is -1.26. The van der Waals surface area contributed by atoms with Crippen molar-refractivity contribution in [1.29, 1.82) is 0 Å². The van der Waals surface area contributed by atoms with Gasteiger partial charge in [0.1, 0.15) is 0 Å². The lowest BCUT2D eigenvalue weighted by Crippen LogP contribution is -2.38. The second-order valence-electron chi connectivity index (χ2n) is 5.61. The first-order valence-electron chi connectivity index (χ1n) is 8.45. The Morgan fingerprint density at radius 1 is 0.933 bits per heavy atom. The smallest absolute Gasteiger partial charge is 0.328 e. The van der Waals surface area contributed by atoms with E-state index in [-0.39, 0.29) is 6.61 Å². The molecular formula is C16H25N3O11. The molecule has 1 aliphatic heterocycles. The number of likely N-dealkylation sites (tertiary alicyclic amines) is 1. The third-order valence-corrected chi connectivity index (χ3v) is 3.31. The second kappa shape index (κ2) is 17.6. The first-order valence-corrected chi connectivity index (χ1v) is 8.45. The number of rotatable bonds is 9. The van der Waals surface area contributed by atoms with Gasteiger partial charge in [-0.3, -0.25) is 0 Å². The Kier molecular flexibility index (Phi) is 16.8. The molecule has 0 radical (unpaired) electrons. The quantitative estimate of drug-likeness (QED) is 0.171. The maximum absolute atomic E-state index is 9.97. The van der Waals surface area contributed by atoms with Gasteiger partial charge in [-0.2, -0.15) is 0 Å². The summed E-state index contributed by atoms with van der Waals surface area (Å²) in [5, 5.41) is 40.5. The first kappa shape index (κ1) is 28.7. The molecule has 170 valence electrons. The van der Waals surface area contributed by atoms with E-state index in [4.69, 9.17) is 26.2 Å². The largest absolute Gasteiger partial charge is 0.478 e. The summed E-state index contributed by atoms with van der Waals surface area (Å²) < 4.78 is 0. The molecule has 0 aliphatic carbocycles. The average molecular weight is 435 g/mol. The predicted octanol–water partition coefficient (Wildman–Crippen LogP) is -0.711. The van der Waals surface area contributed by atoms with Crippen LogP contribution >= 0.6 is 0 Å². The molecule has 0 saturated carbocycles. The molecule has 0 spiro atoms. The lowest BCUT2D eigenvalue weighted by molar-refractivity contribution is -0.759. The molecule has 30 heavy (non-hydrogen) atoms. The van der Waals surface area contributed by atoms with E-state index in [1.165, 1.54) is 0 Å². The molecule has 1 fully saturated rings. The normalized spacial score (nSPS) is 14.2. The summed E-state index contributed by atoms with van der Waals surface area (Å²) in [6.07, 6.45) is 4.16. The van der Waals surface area contributed by atoms with Crippen LogP contribution in [0.15, 0.2) is 24.3 Å². The molecule has 6 N–H and O–H groups in total. The Hall–Kier alpha value is -3.52. The molecule has 0 bridgehead atoms. The highest BCUT2D eigenvalue weighted by atomic mass is 16.9. The fraction of sp³-hybridized carbons (Fsp3) is 0.500. The van der Waals surface area contributed by atoms with Crippen molar-refractivity contribution in [3.63, 3.8) is 0 Å². The number of nitrogens with zero attached hydrogens (tertiary/aromatic N) is 2. The van der Waals surface area contributed by atoms with E-state index in [2.05, 4.69) is 9.74 Å². The monoisotopic (exact) mass is 435 g/mol. The van der Waals surface area contributed by atoms with E-state index in [1.807, 2.05) is 0 Å². The van der Waals surface area contributed by atoms with Crippen molar-refractivity contribution in [2.24, 2.45) is 11.7 Å². The van der Waals surface area contributed by atoms with E-state index < -0.39 is 29.0 Å². The molecule has 1 aliphatic rings. The SMILES string of the molecule is NCCN1CCC(CO[N+](=O)[O-])CC1.O=C(O)/C=C/C(=O)O.O=C(O)/C=C/C(=O)O. The van der Waals surface area contributed by atoms with Gasteiger partial charge in [0.15, 0.2) is 0 Å². The first-order chi connectivity index (χ1) is 14.0. The van der Waals surface area contributed by atoms with Gasteiger partial charge in [0.2, 0.25) is 0 Å². The molecule has 1 saturated heterocycles. The summed E-state index contributed by atoms with van der Waals surface area (Å²) in [7, 11) is 0. The van der Waals surface area contributed by atoms with Crippen LogP contribution in [0, 0.1) is 16.0 Å². The Balaban J connectivity index is 0. The number of carbonyl (C=O) groups is 4. The minimum Gasteiger partial charge on any atom is -0.478 e. The zero-order valence-corrected chi connectivity index (χ0v) is 16.0. The molecule has 0 aromatic rings. The Morgan fingerprint density at radius 2 is 1.30 bits per heavy atom. The summed E-state index contributed by atoms with van der Waals surface area (Å²) in [4.78, 5) is 54.8. The number of hydrogen-bond donors (Lipinski definition) is 5. The maximum Gasteiger partial charge on any atom is 0.328 e. The van der Waals surface area contributed by atoms with Gasteiger partial charge >= 0.3 is 23.9 Å². The van der Waals surface area contributed by atoms with Crippen molar-refractivity contribution in [3.05, 3.63) is 34.4 Å². The van der Waals surface area contributed by atoms with Crippen LogP contribution in [0.5, 0.6) is 0 Å². The Labute approximate surface area is 170 Å². The van der Waals surface area contributed by atoms with Gasteiger partial charge in [-0.15, -0.1) is 10.1 Å². The molecule has 14 heteroatoms. The molecule has 14 nitrogen and oxygen atoms in total. The number of piperidine rings is 1. The van der Waals surface area contributed by atoms with Crippen LogP contribution in [0.2, 0.25) is 0 Å². The standard InChI is InChI=1S/C8H17N3O3.2C4H4O4/c9-3-6-10-4-1-8(2-5-10)7-14-11(12)13;2*5-3(6)1-2-4(7)8/h8H,1-7,9H2;2*1-2H,(H,5,6)(H,7,8)/b;2*2-1+. The Morgan fingerprint density at radius 3 is 1.57 bits per heavy atom. The van der Waals surface area contributed by atoms with Gasteiger partial charge in [0.05, 0.1) is 6.61 Å². The molecule has 0 aromatic heterocycles. The molecule has 0 atom stereocenters. The topological polar surface area (TPSA) is 231 Å². The van der Waals surface area contributed by atoms with E-state index in [9.17, 15) is 29.3 Å². The molecule has 0 amide bonds. The van der Waals surface area contributed by atoms with Crippen LogP contribution in [-0.4, -0.2) is 87.1 Å². The molecule has 0 aromatic carbocycles. The van der Waals surface area contributed by atoms with Crippen molar-refractivity contribution in [2.75, 3.05) is 32.8 Å². The number of hydrogen-bond acceptors (Lipinski definition) is 9. The van der Waals surface area contributed by atoms with Crippen LogP contribution in [0.3, 0.4) is 0 Å². The van der Waals surface area contributed by atoms with E-state index in [1.54, 1.807) is 0 Å². The van der Waals surface area contributed by atoms with Crippen LogP contribution in [0.25, 0.3) is 0 Å². The van der Waals surface area contributed by atoms with Crippen molar-refractivity contribution < 1.29 is 49.5 Å². The van der Waals surface area contributed by atoms with Gasteiger partial charge in [0.25, 0.3) is 5.09 Å². The predicted molar refractivity (Wildman–Crippen MR) is 100.0 cm³/mol. The minimum absolute atomic E-state index is 0.240. The van der Waals surface area contributed by atoms with E-state index >= 15 is 0 Å². The van der Waals surface area contributed by atoms with Crippen LogP contribution in [0.1, 0.15) is 12.8 Å². The van der Waals surface area contributed by atoms with Gasteiger partial charge in [-0.1, -0.05) is 0 Å². The maximum atomic E-state index is 9.97. The molecular weight excluding hydrogens is 410 g/mol. The van der Waals surface area contributed by atoms with Crippen molar-refractivity contribution in [2.45, 2.75) is 12.8 Å². The fourth-order valence-corrected chi connectivity index (χ4v) is 2.01. The highest BCUT2D eigenvalue weighted by Gasteiger charge is 2.19. The van der Waals surface area contributed by atoms with Crippen LogP contribution < -0.4 is 5.73 Å². The van der Waals surface area contributed by atoms with Crippen molar-refractivity contribution in [1.82, 2.24) is 4.90 Å². The summed E-state index contributed by atoms with van der Waals surface area (Å²) >= 11 is 0. The van der Waals surface area contributed by atoms with Gasteiger partial charge in [-0.25, -0.2) is 19.2 Å². The number of carboxylic acid groups (broad SMARTS) is 4. The molecule has 1 rings (SSSR count). The lowest BCUT2D eigenvalue weighted by atomic mass is 9.98. The zero-order valence-electron chi connectivity index (χ0n) is 16.0. The van der Waals surface area contributed by atoms with Crippen LogP contribution in [-0.2, 0) is 24.0 Å². The van der Waals surface area contributed by atoms with E-state index in [0.29, 0.717) is 36.8 Å². The number of nitrogens with two attached hydrogens (primary N) is 1. The number of carboxylic acids is 4. The second-order valence-corrected chi connectivity index (χ2v) is 5.61. The summed E-state index contributed by atoms with van der Waals surface area (Å²) in [6, 6.07) is 0. The van der Waals surface area contributed by atoms with Gasteiger partial charge in [0, 0.05) is 37.4 Å². The third-order valence-electron chi connectivity index (χ3n) is 3.31. The third kappa shape index (κ3) is 22.5. The Bertz CT molecular complexity index is 560. The van der Waals surface area contributed by atoms with Crippen molar-refractivity contribution in [3.8, 4) is 0 Å². The molecule has 1 heterocycles. The van der Waals surface area contributed by atoms with Gasteiger partial charge in [-0.05, 0) is 31.8 Å². The summed E-state index contributed by atoms with van der Waals surface area (Å²) in [6.45, 7) is 3.79. The fourth-order valence-electron chi connectivity index (χ4n) is 2.01. The lowest BCUT2D eigenvalue weighted by Gasteiger charge is -2.30.